The van der Waals surface area contributed by atoms with Gasteiger partial charge in [0.25, 0.3) is 0 Å². The van der Waals surface area contributed by atoms with Crippen molar-refractivity contribution in [1.82, 2.24) is 0 Å². The Labute approximate surface area is 120 Å². The summed E-state index contributed by atoms with van der Waals surface area (Å²) >= 11 is 0. The van der Waals surface area contributed by atoms with Crippen LogP contribution in [0.3, 0.4) is 0 Å². The number of nitrogen functional groups attached to an aromatic ring is 1. The minimum atomic E-state index is 0.115. The predicted molar refractivity (Wildman–Crippen MR) is 83.0 cm³/mol. The van der Waals surface area contributed by atoms with E-state index in [0.717, 1.165) is 30.9 Å². The molecule has 2 aromatic carbocycles. The van der Waals surface area contributed by atoms with Crippen molar-refractivity contribution >= 4 is 11.4 Å². The number of rotatable bonds is 3. The van der Waals surface area contributed by atoms with Gasteiger partial charge in [-0.15, -0.1) is 0 Å². The third-order valence-electron chi connectivity index (χ3n) is 3.88. The van der Waals surface area contributed by atoms with Crippen molar-refractivity contribution in [2.75, 3.05) is 30.8 Å². The third kappa shape index (κ3) is 2.49. The molecule has 0 saturated carbocycles. The number of nitrogens with zero attached hydrogens (tertiary/aromatic N) is 1. The van der Waals surface area contributed by atoms with Crippen LogP contribution in [0.15, 0.2) is 48.5 Å². The van der Waals surface area contributed by atoms with Crippen molar-refractivity contribution < 1.29 is 4.74 Å². The Kier molecular flexibility index (Phi) is 3.61. The van der Waals surface area contributed by atoms with E-state index in [1.807, 2.05) is 24.3 Å². The molecule has 104 valence electrons. The highest BCUT2D eigenvalue weighted by Crippen LogP contribution is 2.30. The zero-order valence-corrected chi connectivity index (χ0v) is 11.8. The maximum Gasteiger partial charge on any atom is 0.100 e. The Balaban J connectivity index is 1.81. The molecule has 20 heavy (non-hydrogen) atoms. The number of anilines is 2. The fourth-order valence-corrected chi connectivity index (χ4v) is 2.81. The Bertz CT molecular complexity index is 597. The first-order valence-corrected chi connectivity index (χ1v) is 7.01. The van der Waals surface area contributed by atoms with Crippen molar-refractivity contribution in [1.29, 1.82) is 0 Å². The molecule has 2 aromatic rings. The van der Waals surface area contributed by atoms with Gasteiger partial charge < -0.3 is 15.4 Å². The molecule has 1 aliphatic rings. The minimum Gasteiger partial charge on any atom is -0.397 e. The highest BCUT2D eigenvalue weighted by molar-refractivity contribution is 5.67. The molecule has 0 amide bonds. The number of likely N-dealkylation sites (N-methyl/N-ethyl adjacent to an activating group) is 1. The number of fused-ring (bicyclic) bond motifs is 1. The molecule has 0 aliphatic carbocycles. The van der Waals surface area contributed by atoms with Gasteiger partial charge in [-0.25, -0.2) is 0 Å². The van der Waals surface area contributed by atoms with Crippen molar-refractivity contribution in [3.05, 3.63) is 59.7 Å². The summed E-state index contributed by atoms with van der Waals surface area (Å²) in [7, 11) is 2.06. The molecule has 0 aromatic heterocycles. The molecule has 0 fully saturated rings. The first-order valence-electron chi connectivity index (χ1n) is 7.01. The van der Waals surface area contributed by atoms with E-state index in [1.54, 1.807) is 0 Å². The number of hydrogen-bond acceptors (Lipinski definition) is 3. The summed E-state index contributed by atoms with van der Waals surface area (Å²) in [5.41, 5.74) is 10.6. The van der Waals surface area contributed by atoms with Crippen LogP contribution >= 0.6 is 0 Å². The van der Waals surface area contributed by atoms with Crippen LogP contribution in [0.5, 0.6) is 0 Å². The lowest BCUT2D eigenvalue weighted by molar-refractivity contribution is 0.0478. The van der Waals surface area contributed by atoms with E-state index in [4.69, 9.17) is 10.5 Å². The molecular weight excluding hydrogens is 248 g/mol. The fraction of sp³-hybridized carbons (Fsp3) is 0.294. The largest absolute Gasteiger partial charge is 0.397 e. The van der Waals surface area contributed by atoms with Gasteiger partial charge in [-0.2, -0.15) is 0 Å². The van der Waals surface area contributed by atoms with Crippen LogP contribution < -0.4 is 10.6 Å². The monoisotopic (exact) mass is 268 g/mol. The highest BCUT2D eigenvalue weighted by atomic mass is 16.5. The molecule has 1 unspecified atom stereocenters. The van der Waals surface area contributed by atoms with E-state index in [2.05, 4.69) is 36.2 Å². The van der Waals surface area contributed by atoms with E-state index in [-0.39, 0.29) is 6.10 Å². The number of benzene rings is 2. The number of ether oxygens (including phenoxy) is 1. The summed E-state index contributed by atoms with van der Waals surface area (Å²) in [5.74, 6) is 0. The highest BCUT2D eigenvalue weighted by Gasteiger charge is 2.22. The second-order valence-electron chi connectivity index (χ2n) is 5.25. The van der Waals surface area contributed by atoms with Gasteiger partial charge >= 0.3 is 0 Å². The average Bonchev–Trinajstić information content (AvgIpc) is 2.48. The molecule has 0 radical (unpaired) electrons. The summed E-state index contributed by atoms with van der Waals surface area (Å²) in [6.45, 7) is 1.60. The van der Waals surface area contributed by atoms with Crippen LogP contribution in [0, 0.1) is 0 Å². The molecule has 1 atom stereocenters. The molecule has 0 bridgehead atoms. The van der Waals surface area contributed by atoms with Crippen LogP contribution in [0.1, 0.15) is 17.2 Å². The molecule has 3 rings (SSSR count). The zero-order chi connectivity index (χ0) is 13.9. The van der Waals surface area contributed by atoms with Crippen molar-refractivity contribution in [3.63, 3.8) is 0 Å². The van der Waals surface area contributed by atoms with Gasteiger partial charge in [0, 0.05) is 13.6 Å². The Morgan fingerprint density at radius 3 is 2.75 bits per heavy atom. The summed E-state index contributed by atoms with van der Waals surface area (Å²) in [6, 6.07) is 16.5. The average molecular weight is 268 g/mol. The molecule has 1 heterocycles. The van der Waals surface area contributed by atoms with Crippen LogP contribution in [-0.4, -0.2) is 20.2 Å². The number of nitrogens with two attached hydrogens (primary N) is 1. The van der Waals surface area contributed by atoms with Crippen LogP contribution in [0.2, 0.25) is 0 Å². The topological polar surface area (TPSA) is 38.5 Å². The van der Waals surface area contributed by atoms with E-state index in [1.165, 1.54) is 11.1 Å². The van der Waals surface area contributed by atoms with Crippen LogP contribution in [0.25, 0.3) is 0 Å². The molecule has 3 nitrogen and oxygen atoms in total. The normalized spacial score (nSPS) is 17.6. The Morgan fingerprint density at radius 2 is 1.90 bits per heavy atom. The van der Waals surface area contributed by atoms with Crippen LogP contribution in [-0.2, 0) is 11.2 Å². The lowest BCUT2D eigenvalue weighted by Gasteiger charge is -2.31. The van der Waals surface area contributed by atoms with Gasteiger partial charge in [-0.3, -0.25) is 0 Å². The van der Waals surface area contributed by atoms with Crippen molar-refractivity contribution in [2.45, 2.75) is 12.5 Å². The number of para-hydroxylation sites is 2. The summed E-state index contributed by atoms with van der Waals surface area (Å²) < 4.78 is 5.95. The second kappa shape index (κ2) is 5.55. The van der Waals surface area contributed by atoms with E-state index >= 15 is 0 Å². The SMILES string of the molecule is CN(CC1OCCc2ccccc21)c1ccccc1N. The molecule has 0 spiro atoms. The lowest BCUT2D eigenvalue weighted by atomic mass is 9.97. The number of hydrogen-bond donors (Lipinski definition) is 1. The van der Waals surface area contributed by atoms with E-state index in [9.17, 15) is 0 Å². The summed E-state index contributed by atoms with van der Waals surface area (Å²) in [4.78, 5) is 2.17. The Morgan fingerprint density at radius 1 is 1.15 bits per heavy atom. The summed E-state index contributed by atoms with van der Waals surface area (Å²) in [6.07, 6.45) is 1.12. The summed E-state index contributed by atoms with van der Waals surface area (Å²) in [5, 5.41) is 0. The standard InChI is InChI=1S/C17H20N2O/c1-19(16-9-5-4-8-15(16)18)12-17-14-7-3-2-6-13(14)10-11-20-17/h2-9,17H,10-12,18H2,1H3. The van der Waals surface area contributed by atoms with Gasteiger partial charge in [-0.05, 0) is 29.7 Å². The quantitative estimate of drug-likeness (QED) is 0.870. The molecular formula is C17H20N2O. The van der Waals surface area contributed by atoms with Crippen molar-refractivity contribution in [3.8, 4) is 0 Å². The predicted octanol–water partition coefficient (Wildman–Crippen LogP) is 3.02. The van der Waals surface area contributed by atoms with E-state index in [0.29, 0.717) is 0 Å². The molecule has 0 saturated heterocycles. The third-order valence-corrected chi connectivity index (χ3v) is 3.88. The first-order chi connectivity index (χ1) is 9.75. The van der Waals surface area contributed by atoms with Crippen molar-refractivity contribution in [2.24, 2.45) is 0 Å². The smallest absolute Gasteiger partial charge is 0.100 e. The zero-order valence-electron chi connectivity index (χ0n) is 11.8. The van der Waals surface area contributed by atoms with Gasteiger partial charge in [0.15, 0.2) is 0 Å². The lowest BCUT2D eigenvalue weighted by Crippen LogP contribution is -2.29. The minimum absolute atomic E-state index is 0.115. The van der Waals surface area contributed by atoms with Gasteiger partial charge in [0.1, 0.15) is 6.10 Å². The van der Waals surface area contributed by atoms with Crippen LogP contribution in [0.4, 0.5) is 11.4 Å². The first kappa shape index (κ1) is 13.0. The maximum atomic E-state index is 6.04. The molecule has 2 N–H and O–H groups in total. The van der Waals surface area contributed by atoms with Gasteiger partial charge in [0.05, 0.1) is 18.0 Å². The maximum absolute atomic E-state index is 6.04. The van der Waals surface area contributed by atoms with E-state index < -0.39 is 0 Å². The van der Waals surface area contributed by atoms with Gasteiger partial charge in [-0.1, -0.05) is 36.4 Å². The molecule has 1 aliphatic heterocycles. The fourth-order valence-electron chi connectivity index (χ4n) is 2.81. The Hall–Kier alpha value is -2.00. The molecule has 3 heteroatoms. The second-order valence-corrected chi connectivity index (χ2v) is 5.25. The van der Waals surface area contributed by atoms with Gasteiger partial charge in [0.2, 0.25) is 0 Å².